The third-order valence-corrected chi connectivity index (χ3v) is 5.00. The fourth-order valence-corrected chi connectivity index (χ4v) is 3.67. The van der Waals surface area contributed by atoms with Crippen LogP contribution in [0.1, 0.15) is 24.8 Å². The van der Waals surface area contributed by atoms with Gasteiger partial charge in [0.05, 0.1) is 31.1 Å². The van der Waals surface area contributed by atoms with Gasteiger partial charge in [-0.05, 0) is 31.9 Å². The Morgan fingerprint density at radius 2 is 2.00 bits per heavy atom. The Balaban J connectivity index is 1.76. The lowest BCUT2D eigenvalue weighted by molar-refractivity contribution is -0.922. The van der Waals surface area contributed by atoms with Crippen molar-refractivity contribution in [1.82, 2.24) is 5.43 Å². The van der Waals surface area contributed by atoms with Gasteiger partial charge in [0.15, 0.2) is 6.04 Å². The Bertz CT molecular complexity index is 658. The molecule has 0 aliphatic carbocycles. The number of hydrogen-bond donors (Lipinski definition) is 3. The number of rotatable bonds is 3. The van der Waals surface area contributed by atoms with Crippen molar-refractivity contribution >= 4 is 23.4 Å². The molecule has 2 aliphatic heterocycles. The van der Waals surface area contributed by atoms with E-state index in [0.717, 1.165) is 29.8 Å². The third kappa shape index (κ3) is 3.05. The minimum Gasteiger partial charge on any atom is -0.324 e. The highest BCUT2D eigenvalue weighted by Gasteiger charge is 2.47. The molecule has 7 heteroatoms. The second kappa shape index (κ2) is 6.70. The minimum absolute atomic E-state index is 0.173. The molecule has 1 aromatic rings. The number of nitrogens with one attached hydrogen (secondary N) is 2. The van der Waals surface area contributed by atoms with Crippen LogP contribution in [0.5, 0.6) is 0 Å². The van der Waals surface area contributed by atoms with Crippen LogP contribution in [0.4, 0.5) is 5.69 Å². The quantitative estimate of drug-likeness (QED) is 0.284. The summed E-state index contributed by atoms with van der Waals surface area (Å²) in [5.74, 6) is 4.48. The highest BCUT2D eigenvalue weighted by molar-refractivity contribution is 6.21. The molecule has 2 heterocycles. The van der Waals surface area contributed by atoms with Gasteiger partial charge < -0.3 is 4.90 Å². The number of amides is 3. The van der Waals surface area contributed by atoms with Gasteiger partial charge in [0, 0.05) is 0 Å². The van der Waals surface area contributed by atoms with Crippen LogP contribution in [0.3, 0.4) is 0 Å². The first kappa shape index (κ1) is 16.6. The summed E-state index contributed by atoms with van der Waals surface area (Å²) in [6.07, 6.45) is 1.80. The molecular formula is C17H23N4O3+. The summed E-state index contributed by atoms with van der Waals surface area (Å²) < 4.78 is 0. The van der Waals surface area contributed by atoms with Crippen molar-refractivity contribution in [2.24, 2.45) is 11.8 Å². The van der Waals surface area contributed by atoms with Crippen LogP contribution in [-0.4, -0.2) is 36.9 Å². The number of carbonyl (C=O) groups is 3. The van der Waals surface area contributed by atoms with E-state index in [-0.39, 0.29) is 30.1 Å². The van der Waals surface area contributed by atoms with Crippen molar-refractivity contribution in [2.75, 3.05) is 18.0 Å². The Hall–Kier alpha value is -2.25. The first-order valence-electron chi connectivity index (χ1n) is 8.29. The van der Waals surface area contributed by atoms with Gasteiger partial charge in [0.2, 0.25) is 11.8 Å². The normalized spacial score (nSPS) is 27.4. The van der Waals surface area contributed by atoms with Crippen LogP contribution >= 0.6 is 0 Å². The van der Waals surface area contributed by atoms with Gasteiger partial charge in [-0.25, -0.2) is 10.7 Å². The SMILES string of the molecule is Cc1ccc(N2C(=O)C[C@H]([NH+]3CCC[C@H](C(=O)NN)C3)C2=O)cc1. The maximum Gasteiger partial charge on any atom is 0.292 e. The molecule has 1 unspecified atom stereocenters. The van der Waals surface area contributed by atoms with Gasteiger partial charge in [0.25, 0.3) is 5.91 Å². The zero-order valence-corrected chi connectivity index (χ0v) is 13.7. The number of aryl methyl sites for hydroxylation is 1. The average molecular weight is 331 g/mol. The average Bonchev–Trinajstić information content (AvgIpc) is 2.90. The molecule has 0 aromatic heterocycles. The molecule has 4 N–H and O–H groups in total. The number of piperidine rings is 1. The molecule has 2 aliphatic rings. The molecule has 128 valence electrons. The topological polar surface area (TPSA) is 96.9 Å². The fourth-order valence-electron chi connectivity index (χ4n) is 3.67. The van der Waals surface area contributed by atoms with E-state index >= 15 is 0 Å². The van der Waals surface area contributed by atoms with E-state index in [0.29, 0.717) is 12.2 Å². The minimum atomic E-state index is -0.410. The number of hydrogen-bond acceptors (Lipinski definition) is 4. The number of nitrogens with two attached hydrogens (primary N) is 1. The van der Waals surface area contributed by atoms with Gasteiger partial charge in [-0.1, -0.05) is 17.7 Å². The van der Waals surface area contributed by atoms with Gasteiger partial charge >= 0.3 is 0 Å². The molecular weight excluding hydrogens is 308 g/mol. The molecule has 3 rings (SSSR count). The number of benzene rings is 1. The molecule has 0 radical (unpaired) electrons. The summed E-state index contributed by atoms with van der Waals surface area (Å²) in [5, 5.41) is 0. The largest absolute Gasteiger partial charge is 0.324 e. The fraction of sp³-hybridized carbons (Fsp3) is 0.471. The zero-order valence-electron chi connectivity index (χ0n) is 13.7. The molecule has 1 aromatic carbocycles. The Labute approximate surface area is 140 Å². The molecule has 3 atom stereocenters. The number of anilines is 1. The third-order valence-electron chi connectivity index (χ3n) is 5.00. The van der Waals surface area contributed by atoms with Crippen LogP contribution < -0.4 is 21.1 Å². The summed E-state index contributed by atoms with van der Waals surface area (Å²) in [5.41, 5.74) is 3.88. The van der Waals surface area contributed by atoms with Crippen molar-refractivity contribution in [3.8, 4) is 0 Å². The standard InChI is InChI=1S/C17H22N4O3/c1-11-4-6-13(7-5-11)21-15(22)9-14(17(21)24)20-8-2-3-12(10-20)16(23)19-18/h4-7,12,14H,2-3,8-10,18H2,1H3,(H,19,23)/p+1/t12-,14-/m0/s1. The van der Waals surface area contributed by atoms with E-state index in [1.165, 1.54) is 4.90 Å². The lowest BCUT2D eigenvalue weighted by atomic mass is 9.95. The molecule has 7 nitrogen and oxygen atoms in total. The van der Waals surface area contributed by atoms with E-state index in [1.807, 2.05) is 19.1 Å². The lowest BCUT2D eigenvalue weighted by Crippen LogP contribution is -3.18. The first-order valence-corrected chi connectivity index (χ1v) is 8.29. The van der Waals surface area contributed by atoms with Crippen molar-refractivity contribution in [2.45, 2.75) is 32.2 Å². The van der Waals surface area contributed by atoms with Crippen molar-refractivity contribution in [3.63, 3.8) is 0 Å². The van der Waals surface area contributed by atoms with Gasteiger partial charge in [0.1, 0.15) is 0 Å². The molecule has 0 bridgehead atoms. The second-order valence-electron chi connectivity index (χ2n) is 6.62. The summed E-state index contributed by atoms with van der Waals surface area (Å²) >= 11 is 0. The summed E-state index contributed by atoms with van der Waals surface area (Å²) in [6.45, 7) is 3.29. The van der Waals surface area contributed by atoms with Crippen LogP contribution in [0.15, 0.2) is 24.3 Å². The van der Waals surface area contributed by atoms with Crippen molar-refractivity contribution in [1.29, 1.82) is 0 Å². The van der Waals surface area contributed by atoms with Crippen molar-refractivity contribution in [3.05, 3.63) is 29.8 Å². The van der Waals surface area contributed by atoms with E-state index in [9.17, 15) is 14.4 Å². The Morgan fingerprint density at radius 1 is 1.29 bits per heavy atom. The van der Waals surface area contributed by atoms with Crippen LogP contribution in [0.25, 0.3) is 0 Å². The molecule has 0 spiro atoms. The van der Waals surface area contributed by atoms with E-state index in [2.05, 4.69) is 5.43 Å². The first-order chi connectivity index (χ1) is 11.5. The molecule has 0 saturated carbocycles. The number of imide groups is 1. The predicted octanol–water partition coefficient (Wildman–Crippen LogP) is -1.09. The van der Waals surface area contributed by atoms with Crippen LogP contribution in [0, 0.1) is 12.8 Å². The van der Waals surface area contributed by atoms with Gasteiger partial charge in [-0.3, -0.25) is 19.8 Å². The molecule has 3 amide bonds. The Kier molecular flexibility index (Phi) is 4.64. The highest BCUT2D eigenvalue weighted by Crippen LogP contribution is 2.23. The summed E-state index contributed by atoms with van der Waals surface area (Å²) in [4.78, 5) is 39.3. The number of hydrazine groups is 1. The van der Waals surface area contributed by atoms with Crippen LogP contribution in [0.2, 0.25) is 0 Å². The van der Waals surface area contributed by atoms with Crippen molar-refractivity contribution < 1.29 is 19.3 Å². The number of likely N-dealkylation sites (tertiary alicyclic amines) is 1. The molecule has 2 saturated heterocycles. The van der Waals surface area contributed by atoms with E-state index in [1.54, 1.807) is 12.1 Å². The highest BCUT2D eigenvalue weighted by atomic mass is 16.2. The maximum absolute atomic E-state index is 12.8. The summed E-state index contributed by atoms with van der Waals surface area (Å²) in [7, 11) is 0. The van der Waals surface area contributed by atoms with Gasteiger partial charge in [-0.15, -0.1) is 0 Å². The zero-order chi connectivity index (χ0) is 17.3. The van der Waals surface area contributed by atoms with E-state index < -0.39 is 6.04 Å². The van der Waals surface area contributed by atoms with Gasteiger partial charge in [-0.2, -0.15) is 0 Å². The molecule has 2 fully saturated rings. The summed E-state index contributed by atoms with van der Waals surface area (Å²) in [6, 6.07) is 6.96. The number of nitrogens with zero attached hydrogens (tertiary/aromatic N) is 1. The second-order valence-corrected chi connectivity index (χ2v) is 6.62. The lowest BCUT2D eigenvalue weighted by Gasteiger charge is -2.31. The monoisotopic (exact) mass is 331 g/mol. The smallest absolute Gasteiger partial charge is 0.292 e. The number of quaternary nitrogens is 1. The number of carbonyl (C=O) groups excluding carboxylic acids is 3. The maximum atomic E-state index is 12.8. The van der Waals surface area contributed by atoms with E-state index in [4.69, 9.17) is 5.84 Å². The predicted molar refractivity (Wildman–Crippen MR) is 87.8 cm³/mol. The molecule has 24 heavy (non-hydrogen) atoms. The van der Waals surface area contributed by atoms with Crippen LogP contribution in [-0.2, 0) is 14.4 Å². The Morgan fingerprint density at radius 3 is 2.67 bits per heavy atom.